The Morgan fingerprint density at radius 3 is 2.59 bits per heavy atom. The van der Waals surface area contributed by atoms with E-state index in [2.05, 4.69) is 34.3 Å². The fourth-order valence-electron chi connectivity index (χ4n) is 4.75. The maximum absolute atomic E-state index is 6.01. The lowest BCUT2D eigenvalue weighted by Crippen LogP contribution is -2.31. The Hall–Kier alpha value is -2.40. The first-order valence-electron chi connectivity index (χ1n) is 11.2. The van der Waals surface area contributed by atoms with Crippen molar-refractivity contribution in [2.45, 2.75) is 51.4 Å². The van der Waals surface area contributed by atoms with Crippen LogP contribution in [0, 0.1) is 0 Å². The van der Waals surface area contributed by atoms with Gasteiger partial charge in [0.15, 0.2) is 5.65 Å². The summed E-state index contributed by atoms with van der Waals surface area (Å²) in [6.45, 7) is 4.45. The molecule has 0 amide bonds. The summed E-state index contributed by atoms with van der Waals surface area (Å²) in [6, 6.07) is 10.5. The number of aromatic nitrogens is 3. The Morgan fingerprint density at radius 2 is 1.72 bits per heavy atom. The highest BCUT2D eigenvalue weighted by Gasteiger charge is 2.20. The van der Waals surface area contributed by atoms with Crippen LogP contribution in [0.4, 0.5) is 0 Å². The molecule has 152 valence electrons. The van der Waals surface area contributed by atoms with Gasteiger partial charge < -0.3 is 9.64 Å². The van der Waals surface area contributed by atoms with E-state index in [0.29, 0.717) is 0 Å². The lowest BCUT2D eigenvalue weighted by atomic mass is 9.92. The summed E-state index contributed by atoms with van der Waals surface area (Å²) in [7, 11) is 0. The molecule has 3 heterocycles. The van der Waals surface area contributed by atoms with Crippen LogP contribution in [0.3, 0.4) is 0 Å². The quantitative estimate of drug-likeness (QED) is 0.580. The molecule has 1 aromatic carbocycles. The highest BCUT2D eigenvalue weighted by molar-refractivity contribution is 5.68. The molecule has 5 nitrogen and oxygen atoms in total. The molecule has 1 saturated heterocycles. The average molecular weight is 391 g/mol. The van der Waals surface area contributed by atoms with Gasteiger partial charge in [0, 0.05) is 29.4 Å². The fourth-order valence-corrected chi connectivity index (χ4v) is 4.75. The van der Waals surface area contributed by atoms with Crippen molar-refractivity contribution in [2.24, 2.45) is 0 Å². The number of aryl methyl sites for hydroxylation is 1. The third kappa shape index (κ3) is 4.01. The first-order chi connectivity index (χ1) is 14.4. The van der Waals surface area contributed by atoms with Crippen molar-refractivity contribution < 1.29 is 4.74 Å². The van der Waals surface area contributed by atoms with Gasteiger partial charge in [0.25, 0.3) is 0 Å². The predicted molar refractivity (Wildman–Crippen MR) is 115 cm³/mol. The van der Waals surface area contributed by atoms with E-state index in [-0.39, 0.29) is 0 Å². The van der Waals surface area contributed by atoms with Gasteiger partial charge in [0.05, 0.1) is 18.5 Å². The number of likely N-dealkylation sites (tertiary alicyclic amines) is 1. The van der Waals surface area contributed by atoms with Gasteiger partial charge in [0.1, 0.15) is 5.75 Å². The predicted octanol–water partition coefficient (Wildman–Crippen LogP) is 4.53. The van der Waals surface area contributed by atoms with Crippen molar-refractivity contribution in [2.75, 3.05) is 26.2 Å². The van der Waals surface area contributed by atoms with Crippen molar-refractivity contribution in [1.29, 1.82) is 0 Å². The van der Waals surface area contributed by atoms with Gasteiger partial charge in [-0.25, -0.2) is 9.50 Å². The van der Waals surface area contributed by atoms with E-state index in [1.807, 2.05) is 16.8 Å². The highest BCUT2D eigenvalue weighted by Crippen LogP contribution is 2.32. The summed E-state index contributed by atoms with van der Waals surface area (Å²) in [6.07, 6.45) is 11.6. The maximum Gasteiger partial charge on any atom is 0.155 e. The molecule has 0 unspecified atom stereocenters. The molecule has 1 aliphatic carbocycles. The SMILES string of the molecule is c1cc2nc3c(c(-c4ccc(OCCCN5CCCCC5)cc4)n2n1)CCCC3. The Balaban J connectivity index is 1.28. The van der Waals surface area contributed by atoms with Gasteiger partial charge in [0.2, 0.25) is 0 Å². The molecular weight excluding hydrogens is 360 g/mol. The van der Waals surface area contributed by atoms with Gasteiger partial charge in [-0.3, -0.25) is 0 Å². The molecule has 2 aliphatic rings. The molecule has 0 N–H and O–H groups in total. The van der Waals surface area contributed by atoms with Crippen LogP contribution in [0.1, 0.15) is 49.8 Å². The Labute approximate surface area is 172 Å². The third-order valence-corrected chi connectivity index (χ3v) is 6.27. The van der Waals surface area contributed by atoms with Crippen molar-refractivity contribution in [3.63, 3.8) is 0 Å². The number of nitrogens with zero attached hydrogens (tertiary/aromatic N) is 4. The molecule has 2 aromatic heterocycles. The summed E-state index contributed by atoms with van der Waals surface area (Å²) in [5.41, 5.74) is 5.95. The molecule has 5 rings (SSSR count). The minimum absolute atomic E-state index is 0.782. The van der Waals surface area contributed by atoms with E-state index in [0.717, 1.165) is 43.8 Å². The van der Waals surface area contributed by atoms with Gasteiger partial charge in [-0.05, 0) is 82.3 Å². The summed E-state index contributed by atoms with van der Waals surface area (Å²) >= 11 is 0. The van der Waals surface area contributed by atoms with Crippen LogP contribution in [-0.2, 0) is 12.8 Å². The van der Waals surface area contributed by atoms with Gasteiger partial charge in [-0.1, -0.05) is 6.42 Å². The van der Waals surface area contributed by atoms with Crippen molar-refractivity contribution in [3.05, 3.63) is 47.8 Å². The molecule has 5 heteroatoms. The van der Waals surface area contributed by atoms with Crippen molar-refractivity contribution in [3.8, 4) is 17.0 Å². The topological polar surface area (TPSA) is 42.7 Å². The van der Waals surface area contributed by atoms with E-state index in [9.17, 15) is 0 Å². The number of piperidine rings is 1. The van der Waals surface area contributed by atoms with Crippen LogP contribution in [-0.4, -0.2) is 45.7 Å². The monoisotopic (exact) mass is 390 g/mol. The molecule has 0 saturated carbocycles. The van der Waals surface area contributed by atoms with Crippen molar-refractivity contribution >= 4 is 5.65 Å². The number of fused-ring (bicyclic) bond motifs is 2. The highest BCUT2D eigenvalue weighted by atomic mass is 16.5. The Morgan fingerprint density at radius 1 is 0.897 bits per heavy atom. The second-order valence-corrected chi connectivity index (χ2v) is 8.32. The van der Waals surface area contributed by atoms with Crippen LogP contribution in [0.25, 0.3) is 16.9 Å². The number of hydrogen-bond donors (Lipinski definition) is 0. The lowest BCUT2D eigenvalue weighted by molar-refractivity contribution is 0.205. The molecule has 0 bridgehead atoms. The Kier molecular flexibility index (Phi) is 5.48. The van der Waals surface area contributed by atoms with E-state index < -0.39 is 0 Å². The van der Waals surface area contributed by atoms with Gasteiger partial charge in [-0.2, -0.15) is 5.10 Å². The standard InChI is InChI=1S/C24H30N4O/c1-4-15-27(16-5-1)17-6-18-29-20-11-9-19(10-12-20)24-21-7-2-3-8-22(21)26-23-13-14-25-28(23)24/h9-14H,1-8,15-18H2. The maximum atomic E-state index is 6.01. The molecule has 0 radical (unpaired) electrons. The third-order valence-electron chi connectivity index (χ3n) is 6.27. The van der Waals surface area contributed by atoms with E-state index in [4.69, 9.17) is 9.72 Å². The number of benzene rings is 1. The Bertz CT molecular complexity index is 957. The molecule has 0 atom stereocenters. The fraction of sp³-hybridized carbons (Fsp3) is 0.500. The number of ether oxygens (including phenoxy) is 1. The summed E-state index contributed by atoms with van der Waals surface area (Å²) in [5, 5.41) is 4.55. The first-order valence-corrected chi connectivity index (χ1v) is 11.2. The lowest BCUT2D eigenvalue weighted by Gasteiger charge is -2.26. The molecular formula is C24H30N4O. The summed E-state index contributed by atoms with van der Waals surface area (Å²) in [4.78, 5) is 7.41. The zero-order valence-corrected chi connectivity index (χ0v) is 17.1. The van der Waals surface area contributed by atoms with Gasteiger partial charge in [-0.15, -0.1) is 0 Å². The van der Waals surface area contributed by atoms with Crippen LogP contribution >= 0.6 is 0 Å². The molecule has 0 spiro atoms. The first kappa shape index (κ1) is 18.6. The van der Waals surface area contributed by atoms with Crippen LogP contribution in [0.5, 0.6) is 5.75 Å². The second kappa shape index (κ2) is 8.54. The van der Waals surface area contributed by atoms with Crippen LogP contribution in [0.15, 0.2) is 36.5 Å². The molecule has 29 heavy (non-hydrogen) atoms. The number of rotatable bonds is 6. The molecule has 1 aliphatic heterocycles. The van der Waals surface area contributed by atoms with E-state index in [1.54, 1.807) is 0 Å². The zero-order chi connectivity index (χ0) is 19.5. The molecule has 1 fully saturated rings. The largest absolute Gasteiger partial charge is 0.494 e. The number of hydrogen-bond acceptors (Lipinski definition) is 4. The van der Waals surface area contributed by atoms with Crippen molar-refractivity contribution in [1.82, 2.24) is 19.5 Å². The van der Waals surface area contributed by atoms with Crippen LogP contribution in [0.2, 0.25) is 0 Å². The van der Waals surface area contributed by atoms with E-state index >= 15 is 0 Å². The normalized spacial score (nSPS) is 17.4. The van der Waals surface area contributed by atoms with E-state index in [1.165, 1.54) is 67.7 Å². The van der Waals surface area contributed by atoms with Crippen LogP contribution < -0.4 is 4.74 Å². The minimum Gasteiger partial charge on any atom is -0.494 e. The smallest absolute Gasteiger partial charge is 0.155 e. The summed E-state index contributed by atoms with van der Waals surface area (Å²) < 4.78 is 8.01. The summed E-state index contributed by atoms with van der Waals surface area (Å²) in [5.74, 6) is 0.951. The average Bonchev–Trinajstić information content (AvgIpc) is 3.24. The molecule has 3 aromatic rings. The minimum atomic E-state index is 0.782. The van der Waals surface area contributed by atoms with Gasteiger partial charge >= 0.3 is 0 Å². The second-order valence-electron chi connectivity index (χ2n) is 8.32. The zero-order valence-electron chi connectivity index (χ0n) is 17.1.